The minimum Gasteiger partial charge on any atom is -0.497 e. The summed E-state index contributed by atoms with van der Waals surface area (Å²) in [7, 11) is 3.90. The smallest absolute Gasteiger partial charge is 0.119 e. The van der Waals surface area contributed by atoms with Crippen LogP contribution in [0.3, 0.4) is 0 Å². The molecule has 1 saturated heterocycles. The number of ether oxygens (including phenoxy) is 1. The minimum atomic E-state index is -0.115. The van der Waals surface area contributed by atoms with Crippen molar-refractivity contribution in [1.29, 1.82) is 0 Å². The van der Waals surface area contributed by atoms with E-state index in [9.17, 15) is 0 Å². The van der Waals surface area contributed by atoms with Gasteiger partial charge < -0.3 is 20.3 Å². The van der Waals surface area contributed by atoms with Crippen LogP contribution >= 0.6 is 0 Å². The summed E-state index contributed by atoms with van der Waals surface area (Å²) in [6.45, 7) is 6.60. The van der Waals surface area contributed by atoms with Gasteiger partial charge in [0.1, 0.15) is 5.75 Å². The van der Waals surface area contributed by atoms with Crippen LogP contribution in [0, 0.1) is 0 Å². The Morgan fingerprint density at radius 3 is 2.46 bits per heavy atom. The van der Waals surface area contributed by atoms with Gasteiger partial charge in [0, 0.05) is 56.2 Å². The topological polar surface area (TPSA) is 45.0 Å². The molecule has 0 aliphatic carbocycles. The van der Waals surface area contributed by atoms with Gasteiger partial charge in [-0.3, -0.25) is 4.90 Å². The Bertz CT molecular complexity index is 770. The number of likely N-dealkylation sites (N-methyl/N-ethyl adjacent to an activating group) is 1. The molecule has 0 radical (unpaired) electrons. The Balaban J connectivity index is 1.62. The van der Waals surface area contributed by atoms with Gasteiger partial charge in [-0.1, -0.05) is 18.2 Å². The van der Waals surface area contributed by atoms with Crippen molar-refractivity contribution >= 4 is 11.4 Å². The number of hydrogen-bond donors (Lipinski definition) is 1. The van der Waals surface area contributed by atoms with Crippen LogP contribution in [0.4, 0.5) is 11.4 Å². The summed E-state index contributed by atoms with van der Waals surface area (Å²) in [5.74, 6) is 0.859. The van der Waals surface area contributed by atoms with Gasteiger partial charge in [-0.25, -0.2) is 0 Å². The van der Waals surface area contributed by atoms with E-state index in [4.69, 9.17) is 10.5 Å². The van der Waals surface area contributed by atoms with Gasteiger partial charge in [0.2, 0.25) is 0 Å². The van der Waals surface area contributed by atoms with Crippen LogP contribution < -0.4 is 15.4 Å². The fourth-order valence-corrected chi connectivity index (χ4v) is 4.00. The van der Waals surface area contributed by atoms with E-state index >= 15 is 0 Å². The van der Waals surface area contributed by atoms with E-state index in [0.29, 0.717) is 0 Å². The Labute approximate surface area is 155 Å². The number of nitrogens with two attached hydrogens (primary N) is 1. The van der Waals surface area contributed by atoms with E-state index in [1.54, 1.807) is 7.11 Å². The third-order valence-electron chi connectivity index (χ3n) is 5.66. The van der Waals surface area contributed by atoms with Gasteiger partial charge in [-0.2, -0.15) is 0 Å². The predicted octanol–water partition coefficient (Wildman–Crippen LogP) is 2.44. The average molecular weight is 352 g/mol. The van der Waals surface area contributed by atoms with Crippen molar-refractivity contribution in [3.8, 4) is 5.75 Å². The summed E-state index contributed by atoms with van der Waals surface area (Å²) in [4.78, 5) is 7.37. The van der Waals surface area contributed by atoms with Crippen LogP contribution in [-0.2, 0) is 0 Å². The number of hydrogen-bond acceptors (Lipinski definition) is 5. The predicted molar refractivity (Wildman–Crippen MR) is 106 cm³/mol. The van der Waals surface area contributed by atoms with Gasteiger partial charge in [0.25, 0.3) is 0 Å². The van der Waals surface area contributed by atoms with Crippen LogP contribution in [0.5, 0.6) is 5.75 Å². The number of piperazine rings is 1. The zero-order chi connectivity index (χ0) is 18.1. The molecular weight excluding hydrogens is 324 g/mol. The van der Waals surface area contributed by atoms with Gasteiger partial charge in [0.15, 0.2) is 0 Å². The number of anilines is 2. The zero-order valence-corrected chi connectivity index (χ0v) is 15.7. The highest BCUT2D eigenvalue weighted by Crippen LogP contribution is 2.44. The molecule has 2 heterocycles. The van der Waals surface area contributed by atoms with Crippen LogP contribution in [0.25, 0.3) is 0 Å². The maximum Gasteiger partial charge on any atom is 0.119 e. The van der Waals surface area contributed by atoms with E-state index in [1.807, 2.05) is 6.07 Å². The monoisotopic (exact) mass is 352 g/mol. The highest BCUT2D eigenvalue weighted by atomic mass is 16.5. The SMILES string of the molecule is COc1ccc2c(c1)C(N)c1ccccc1N2CCN1CCN(C)CC1. The Morgan fingerprint density at radius 1 is 0.962 bits per heavy atom. The van der Waals surface area contributed by atoms with Crippen molar-refractivity contribution in [2.45, 2.75) is 6.04 Å². The molecule has 2 aliphatic rings. The van der Waals surface area contributed by atoms with Crippen molar-refractivity contribution in [3.63, 3.8) is 0 Å². The van der Waals surface area contributed by atoms with E-state index in [-0.39, 0.29) is 6.04 Å². The molecule has 2 aromatic carbocycles. The van der Waals surface area contributed by atoms with Crippen molar-refractivity contribution in [2.24, 2.45) is 5.73 Å². The largest absolute Gasteiger partial charge is 0.497 e. The van der Waals surface area contributed by atoms with Crippen LogP contribution in [-0.4, -0.2) is 63.2 Å². The second-order valence-corrected chi connectivity index (χ2v) is 7.26. The summed E-state index contributed by atoms with van der Waals surface area (Å²) < 4.78 is 5.43. The Hall–Kier alpha value is -2.08. The Kier molecular flexibility index (Phi) is 4.85. The van der Waals surface area contributed by atoms with Gasteiger partial charge >= 0.3 is 0 Å². The zero-order valence-electron chi connectivity index (χ0n) is 15.7. The minimum absolute atomic E-state index is 0.115. The van der Waals surface area contributed by atoms with Crippen LogP contribution in [0.2, 0.25) is 0 Å². The molecule has 0 spiro atoms. The number of nitrogens with zero attached hydrogens (tertiary/aromatic N) is 3. The number of fused-ring (bicyclic) bond motifs is 2. The molecule has 1 fully saturated rings. The average Bonchev–Trinajstić information content (AvgIpc) is 2.69. The second kappa shape index (κ2) is 7.27. The van der Waals surface area contributed by atoms with Crippen molar-refractivity contribution in [3.05, 3.63) is 53.6 Å². The first-order chi connectivity index (χ1) is 12.7. The van der Waals surface area contributed by atoms with Crippen molar-refractivity contribution in [2.75, 3.05) is 58.3 Å². The van der Waals surface area contributed by atoms with E-state index < -0.39 is 0 Å². The molecule has 2 aliphatic heterocycles. The van der Waals surface area contributed by atoms with Gasteiger partial charge in [0.05, 0.1) is 13.2 Å². The first-order valence-corrected chi connectivity index (χ1v) is 9.38. The standard InChI is InChI=1S/C21H28N4O/c1-23-9-11-24(12-10-23)13-14-25-19-6-4-3-5-17(19)21(22)18-15-16(26-2)7-8-20(18)25/h3-8,15,21H,9-14,22H2,1-2H3. The molecule has 0 saturated carbocycles. The summed E-state index contributed by atoms with van der Waals surface area (Å²) in [6, 6.07) is 14.6. The number of rotatable bonds is 4. The van der Waals surface area contributed by atoms with Gasteiger partial charge in [-0.15, -0.1) is 0 Å². The maximum atomic E-state index is 6.60. The summed E-state index contributed by atoms with van der Waals surface area (Å²) >= 11 is 0. The lowest BCUT2D eigenvalue weighted by Gasteiger charge is -2.39. The van der Waals surface area contributed by atoms with Crippen molar-refractivity contribution in [1.82, 2.24) is 9.80 Å². The van der Waals surface area contributed by atoms with Crippen molar-refractivity contribution < 1.29 is 4.74 Å². The molecule has 4 rings (SSSR count). The van der Waals surface area contributed by atoms with E-state index in [2.05, 4.69) is 58.1 Å². The van der Waals surface area contributed by atoms with Crippen LogP contribution in [0.1, 0.15) is 17.2 Å². The molecule has 5 nitrogen and oxygen atoms in total. The van der Waals surface area contributed by atoms with Gasteiger partial charge in [-0.05, 0) is 36.9 Å². The quantitative estimate of drug-likeness (QED) is 0.916. The highest BCUT2D eigenvalue weighted by molar-refractivity contribution is 5.76. The molecule has 0 amide bonds. The molecule has 1 unspecified atom stereocenters. The fourth-order valence-electron chi connectivity index (χ4n) is 4.00. The Morgan fingerprint density at radius 2 is 1.69 bits per heavy atom. The molecule has 0 bridgehead atoms. The van der Waals surface area contributed by atoms with E-state index in [0.717, 1.165) is 50.6 Å². The lowest BCUT2D eigenvalue weighted by Crippen LogP contribution is -2.47. The number of methoxy groups -OCH3 is 1. The lowest BCUT2D eigenvalue weighted by atomic mass is 9.91. The number of benzene rings is 2. The molecule has 0 aromatic heterocycles. The normalized spacial score (nSPS) is 20.6. The third kappa shape index (κ3) is 3.18. The molecule has 5 heteroatoms. The molecule has 138 valence electrons. The molecule has 1 atom stereocenters. The van der Waals surface area contributed by atoms with E-state index in [1.165, 1.54) is 16.9 Å². The fraction of sp³-hybridized carbons (Fsp3) is 0.429. The second-order valence-electron chi connectivity index (χ2n) is 7.26. The first-order valence-electron chi connectivity index (χ1n) is 9.38. The maximum absolute atomic E-state index is 6.60. The number of para-hydroxylation sites is 1. The molecule has 2 N–H and O–H groups in total. The highest BCUT2D eigenvalue weighted by Gasteiger charge is 2.28. The summed E-state index contributed by atoms with van der Waals surface area (Å²) in [6.07, 6.45) is 0. The summed E-state index contributed by atoms with van der Waals surface area (Å²) in [5, 5.41) is 0. The molecule has 26 heavy (non-hydrogen) atoms. The lowest BCUT2D eigenvalue weighted by molar-refractivity contribution is 0.157. The third-order valence-corrected chi connectivity index (χ3v) is 5.66. The summed E-state index contributed by atoms with van der Waals surface area (Å²) in [5.41, 5.74) is 11.4. The molecule has 2 aromatic rings. The van der Waals surface area contributed by atoms with Crippen LogP contribution in [0.15, 0.2) is 42.5 Å². The first kappa shape index (κ1) is 17.3. The molecular formula is C21H28N4O.